The Morgan fingerprint density at radius 2 is 1.94 bits per heavy atom. The quantitative estimate of drug-likeness (QED) is 0.379. The SMILES string of the molecule is Cc1cc(C)nc(Oc2cnn(C(CC3CCCC3)C(=O)Nc3ccn(C[C@@H](O)CO)n3)c(=O)c2)n1. The van der Waals surface area contributed by atoms with Gasteiger partial charge in [-0.1, -0.05) is 25.7 Å². The first-order valence-electron chi connectivity index (χ1n) is 12.0. The predicted octanol–water partition coefficient (Wildman–Crippen LogP) is 1.75. The maximum absolute atomic E-state index is 13.3. The summed E-state index contributed by atoms with van der Waals surface area (Å²) in [6.07, 6.45) is 6.68. The van der Waals surface area contributed by atoms with Crippen molar-refractivity contribution in [2.75, 3.05) is 11.9 Å². The molecule has 12 heteroatoms. The number of ether oxygens (including phenoxy) is 1. The van der Waals surface area contributed by atoms with Crippen molar-refractivity contribution in [1.29, 1.82) is 0 Å². The van der Waals surface area contributed by atoms with E-state index in [1.54, 1.807) is 12.3 Å². The van der Waals surface area contributed by atoms with E-state index in [0.29, 0.717) is 12.3 Å². The normalized spacial score (nSPS) is 15.6. The molecule has 0 aliphatic heterocycles. The fourth-order valence-electron chi connectivity index (χ4n) is 4.43. The first-order valence-corrected chi connectivity index (χ1v) is 12.0. The number of carbonyl (C=O) groups excluding carboxylic acids is 1. The van der Waals surface area contributed by atoms with Crippen LogP contribution in [-0.2, 0) is 11.3 Å². The topological polar surface area (TPSA) is 157 Å². The zero-order valence-corrected chi connectivity index (χ0v) is 20.4. The van der Waals surface area contributed by atoms with Gasteiger partial charge in [-0.2, -0.15) is 10.2 Å². The molecule has 3 aromatic heterocycles. The van der Waals surface area contributed by atoms with Crippen LogP contribution in [0.1, 0.15) is 49.5 Å². The number of hydrogen-bond acceptors (Lipinski definition) is 9. The van der Waals surface area contributed by atoms with Crippen molar-refractivity contribution in [2.24, 2.45) is 5.92 Å². The lowest BCUT2D eigenvalue weighted by Gasteiger charge is -2.21. The van der Waals surface area contributed by atoms with Crippen LogP contribution in [0.25, 0.3) is 0 Å². The average molecular weight is 498 g/mol. The van der Waals surface area contributed by atoms with Crippen molar-refractivity contribution >= 4 is 11.7 Å². The van der Waals surface area contributed by atoms with E-state index < -0.39 is 30.2 Å². The van der Waals surface area contributed by atoms with Crippen molar-refractivity contribution in [1.82, 2.24) is 29.5 Å². The Labute approximate surface area is 208 Å². The largest absolute Gasteiger partial charge is 0.422 e. The second-order valence-electron chi connectivity index (χ2n) is 9.16. The van der Waals surface area contributed by atoms with Gasteiger partial charge in [0.15, 0.2) is 11.6 Å². The summed E-state index contributed by atoms with van der Waals surface area (Å²) in [6, 6.07) is 3.96. The number of carbonyl (C=O) groups is 1. The lowest BCUT2D eigenvalue weighted by molar-refractivity contribution is -0.120. The molecule has 12 nitrogen and oxygen atoms in total. The van der Waals surface area contributed by atoms with E-state index in [1.165, 1.54) is 21.6 Å². The molecule has 3 heterocycles. The number of amides is 1. The Balaban J connectivity index is 1.53. The summed E-state index contributed by atoms with van der Waals surface area (Å²) in [5.41, 5.74) is 0.993. The summed E-state index contributed by atoms with van der Waals surface area (Å²) in [4.78, 5) is 34.7. The van der Waals surface area contributed by atoms with Crippen LogP contribution in [0.2, 0.25) is 0 Å². The van der Waals surface area contributed by atoms with Crippen molar-refractivity contribution in [3.63, 3.8) is 0 Å². The Bertz CT molecular complexity index is 1230. The highest BCUT2D eigenvalue weighted by Gasteiger charge is 2.29. The van der Waals surface area contributed by atoms with Crippen molar-refractivity contribution in [3.05, 3.63) is 52.3 Å². The van der Waals surface area contributed by atoms with Gasteiger partial charge < -0.3 is 20.3 Å². The second kappa shape index (κ2) is 11.4. The monoisotopic (exact) mass is 497 g/mol. The van der Waals surface area contributed by atoms with Crippen LogP contribution >= 0.6 is 0 Å². The molecule has 1 saturated carbocycles. The molecule has 0 aromatic carbocycles. The molecule has 3 N–H and O–H groups in total. The molecule has 192 valence electrons. The molecule has 0 radical (unpaired) electrons. The molecule has 1 amide bonds. The minimum atomic E-state index is -0.957. The number of nitrogens with zero attached hydrogens (tertiary/aromatic N) is 6. The molecular weight excluding hydrogens is 466 g/mol. The number of nitrogens with one attached hydrogen (secondary N) is 1. The van der Waals surface area contributed by atoms with Crippen LogP contribution in [0, 0.1) is 19.8 Å². The molecule has 4 rings (SSSR count). The van der Waals surface area contributed by atoms with E-state index in [2.05, 4.69) is 25.5 Å². The van der Waals surface area contributed by atoms with Crippen LogP contribution in [0.4, 0.5) is 5.82 Å². The van der Waals surface area contributed by atoms with E-state index >= 15 is 0 Å². The summed E-state index contributed by atoms with van der Waals surface area (Å²) >= 11 is 0. The van der Waals surface area contributed by atoms with E-state index in [4.69, 9.17) is 9.84 Å². The number of aliphatic hydroxyl groups is 2. The van der Waals surface area contributed by atoms with Gasteiger partial charge in [-0.05, 0) is 32.3 Å². The van der Waals surface area contributed by atoms with Crippen molar-refractivity contribution < 1.29 is 19.7 Å². The zero-order chi connectivity index (χ0) is 25.7. The molecule has 3 aromatic rings. The fraction of sp³-hybridized carbons (Fsp3) is 0.500. The first kappa shape index (κ1) is 25.5. The standard InChI is InChI=1S/C24H31N7O5/c1-15-9-16(2)27-24(26-15)36-19-11-22(34)31(25-12-19)20(10-17-5-3-4-6-17)23(35)28-21-7-8-30(29-21)13-18(33)14-32/h7-9,11-12,17-18,20,32-33H,3-6,10,13-14H2,1-2H3,(H,28,29,35)/t18-,20?/m1/s1. The molecular formula is C24H31N7O5. The maximum atomic E-state index is 13.3. The zero-order valence-electron chi connectivity index (χ0n) is 20.4. The fourth-order valence-corrected chi connectivity index (χ4v) is 4.43. The van der Waals surface area contributed by atoms with Gasteiger partial charge in [0.25, 0.3) is 11.5 Å². The Morgan fingerprint density at radius 3 is 2.61 bits per heavy atom. The molecule has 36 heavy (non-hydrogen) atoms. The number of aliphatic hydroxyl groups excluding tert-OH is 2. The van der Waals surface area contributed by atoms with E-state index in [9.17, 15) is 14.7 Å². The second-order valence-corrected chi connectivity index (χ2v) is 9.16. The van der Waals surface area contributed by atoms with E-state index in [1.807, 2.05) is 19.9 Å². The summed E-state index contributed by atoms with van der Waals surface area (Å²) in [5.74, 6) is 0.367. The van der Waals surface area contributed by atoms with Crippen molar-refractivity contribution in [3.8, 4) is 11.8 Å². The maximum Gasteiger partial charge on any atom is 0.322 e. The Hall–Kier alpha value is -3.64. The molecule has 2 atom stereocenters. The van der Waals surface area contributed by atoms with Crippen LogP contribution in [0.3, 0.4) is 0 Å². The minimum Gasteiger partial charge on any atom is -0.422 e. The van der Waals surface area contributed by atoms with Gasteiger partial charge in [-0.3, -0.25) is 14.3 Å². The third-order valence-corrected chi connectivity index (χ3v) is 6.10. The van der Waals surface area contributed by atoms with E-state index in [0.717, 1.165) is 37.1 Å². The van der Waals surface area contributed by atoms with Gasteiger partial charge in [-0.15, -0.1) is 0 Å². The molecule has 0 spiro atoms. The van der Waals surface area contributed by atoms with Gasteiger partial charge >= 0.3 is 6.01 Å². The summed E-state index contributed by atoms with van der Waals surface area (Å²) < 4.78 is 8.24. The molecule has 1 aliphatic carbocycles. The van der Waals surface area contributed by atoms with E-state index in [-0.39, 0.29) is 24.1 Å². The van der Waals surface area contributed by atoms with Gasteiger partial charge in [0.05, 0.1) is 25.5 Å². The van der Waals surface area contributed by atoms with Gasteiger partial charge in [0, 0.05) is 29.7 Å². The Morgan fingerprint density at radius 1 is 1.22 bits per heavy atom. The lowest BCUT2D eigenvalue weighted by atomic mass is 9.98. The number of aromatic nitrogens is 6. The molecule has 1 fully saturated rings. The molecule has 0 saturated heterocycles. The molecule has 0 bridgehead atoms. The van der Waals surface area contributed by atoms with Crippen molar-refractivity contribution in [2.45, 2.75) is 64.6 Å². The highest BCUT2D eigenvalue weighted by atomic mass is 16.5. The molecule has 1 aliphatic rings. The van der Waals surface area contributed by atoms with Gasteiger partial charge in [0.2, 0.25) is 0 Å². The number of hydrogen-bond donors (Lipinski definition) is 3. The highest BCUT2D eigenvalue weighted by Crippen LogP contribution is 2.32. The Kier molecular flexibility index (Phi) is 8.06. The van der Waals surface area contributed by atoms with Crippen LogP contribution in [0.15, 0.2) is 35.4 Å². The predicted molar refractivity (Wildman–Crippen MR) is 130 cm³/mol. The third-order valence-electron chi connectivity index (χ3n) is 6.10. The number of anilines is 1. The van der Waals surface area contributed by atoms with Crippen LogP contribution < -0.4 is 15.6 Å². The number of rotatable bonds is 10. The smallest absolute Gasteiger partial charge is 0.322 e. The van der Waals surface area contributed by atoms with Gasteiger partial charge in [-0.25, -0.2) is 14.6 Å². The minimum absolute atomic E-state index is 0.0878. The summed E-state index contributed by atoms with van der Waals surface area (Å²) in [6.45, 7) is 3.34. The van der Waals surface area contributed by atoms with Gasteiger partial charge in [0.1, 0.15) is 6.04 Å². The summed E-state index contributed by atoms with van der Waals surface area (Å²) in [5, 5.41) is 29.9. The first-order chi connectivity index (χ1) is 17.3. The highest BCUT2D eigenvalue weighted by molar-refractivity contribution is 5.92. The lowest BCUT2D eigenvalue weighted by Crippen LogP contribution is -2.36. The summed E-state index contributed by atoms with van der Waals surface area (Å²) in [7, 11) is 0. The van der Waals surface area contributed by atoms with Crippen LogP contribution in [0.5, 0.6) is 11.8 Å². The molecule has 1 unspecified atom stereocenters. The van der Waals surface area contributed by atoms with Crippen LogP contribution in [-0.4, -0.2) is 58.4 Å². The number of aryl methyl sites for hydroxylation is 2. The third kappa shape index (κ3) is 6.52. The average Bonchev–Trinajstić information content (AvgIpc) is 3.49.